The minimum atomic E-state index is -0.998. The van der Waals surface area contributed by atoms with Crippen LogP contribution in [-0.2, 0) is 16.1 Å². The van der Waals surface area contributed by atoms with Crippen LogP contribution in [-0.4, -0.2) is 89.2 Å². The first-order valence-corrected chi connectivity index (χ1v) is 15.8. The van der Waals surface area contributed by atoms with Crippen molar-refractivity contribution in [3.63, 3.8) is 0 Å². The number of hydrogen-bond acceptors (Lipinski definition) is 6. The summed E-state index contributed by atoms with van der Waals surface area (Å²) in [5.41, 5.74) is 1.83. The molecule has 0 spiro atoms. The van der Waals surface area contributed by atoms with Gasteiger partial charge in [0.1, 0.15) is 17.6 Å². The Morgan fingerprint density at radius 1 is 0.911 bits per heavy atom. The highest BCUT2D eigenvalue weighted by molar-refractivity contribution is 6.01. The van der Waals surface area contributed by atoms with E-state index in [0.29, 0.717) is 37.4 Å². The number of amides is 3. The summed E-state index contributed by atoms with van der Waals surface area (Å²) in [5.74, 6) is -2.32. The molecule has 3 N–H and O–H groups in total. The van der Waals surface area contributed by atoms with Crippen molar-refractivity contribution in [2.75, 3.05) is 45.1 Å². The van der Waals surface area contributed by atoms with Crippen LogP contribution in [0.15, 0.2) is 60.8 Å². The van der Waals surface area contributed by atoms with Crippen LogP contribution in [0.25, 0.3) is 0 Å². The lowest BCUT2D eigenvalue weighted by atomic mass is 9.91. The van der Waals surface area contributed by atoms with E-state index < -0.39 is 35.6 Å². The Hall–Kier alpha value is -4.09. The number of likely N-dealkylation sites (N-methyl/N-ethyl adjacent to an activating group) is 1. The van der Waals surface area contributed by atoms with Gasteiger partial charge in [0.2, 0.25) is 11.8 Å². The lowest BCUT2D eigenvalue weighted by Gasteiger charge is -2.36. The highest BCUT2D eigenvalue weighted by Gasteiger charge is 2.33. The maximum absolute atomic E-state index is 15.6. The third-order valence-corrected chi connectivity index (χ3v) is 8.62. The Morgan fingerprint density at radius 2 is 1.60 bits per heavy atom. The van der Waals surface area contributed by atoms with Gasteiger partial charge in [-0.05, 0) is 56.3 Å². The lowest BCUT2D eigenvalue weighted by molar-refractivity contribution is -0.135. The van der Waals surface area contributed by atoms with Crippen molar-refractivity contribution in [2.45, 2.75) is 64.6 Å². The highest BCUT2D eigenvalue weighted by atomic mass is 19.1. The van der Waals surface area contributed by atoms with E-state index in [1.165, 1.54) is 18.3 Å². The third-order valence-electron chi connectivity index (χ3n) is 8.62. The number of halogens is 1. The summed E-state index contributed by atoms with van der Waals surface area (Å²) >= 11 is 0. The molecule has 2 heterocycles. The van der Waals surface area contributed by atoms with Gasteiger partial charge < -0.3 is 25.8 Å². The molecule has 4 rings (SSSR count). The predicted molar refractivity (Wildman–Crippen MR) is 174 cm³/mol. The summed E-state index contributed by atoms with van der Waals surface area (Å²) in [7, 11) is 2.04. The number of anilines is 1. The fourth-order valence-corrected chi connectivity index (χ4v) is 5.68. The molecule has 0 unspecified atom stereocenters. The zero-order chi connectivity index (χ0) is 32.5. The first kappa shape index (κ1) is 33.8. The van der Waals surface area contributed by atoms with Gasteiger partial charge in [-0.25, -0.2) is 4.39 Å². The van der Waals surface area contributed by atoms with Gasteiger partial charge in [0.15, 0.2) is 0 Å². The third kappa shape index (κ3) is 8.34. The van der Waals surface area contributed by atoms with E-state index in [1.807, 2.05) is 70.0 Å². The van der Waals surface area contributed by atoms with E-state index in [1.54, 1.807) is 16.8 Å². The Morgan fingerprint density at radius 3 is 2.24 bits per heavy atom. The van der Waals surface area contributed by atoms with E-state index in [4.69, 9.17) is 0 Å². The number of nitrogens with zero attached hydrogens (tertiary/aromatic N) is 4. The summed E-state index contributed by atoms with van der Waals surface area (Å²) < 4.78 is 17.2. The number of aromatic nitrogens is 2. The van der Waals surface area contributed by atoms with Crippen LogP contribution in [0.2, 0.25) is 0 Å². The summed E-state index contributed by atoms with van der Waals surface area (Å²) in [6.45, 7) is 11.8. The average molecular weight is 620 g/mol. The Balaban J connectivity index is 1.53. The maximum atomic E-state index is 15.6. The van der Waals surface area contributed by atoms with Crippen LogP contribution >= 0.6 is 0 Å². The molecule has 1 aliphatic heterocycles. The number of nitrogens with one attached hydrogen (secondary N) is 3. The van der Waals surface area contributed by atoms with Gasteiger partial charge in [0, 0.05) is 50.8 Å². The van der Waals surface area contributed by atoms with Crippen molar-refractivity contribution in [3.05, 3.63) is 83.4 Å². The van der Waals surface area contributed by atoms with Crippen molar-refractivity contribution in [1.29, 1.82) is 0 Å². The van der Waals surface area contributed by atoms with Crippen molar-refractivity contribution in [3.8, 4) is 0 Å². The van der Waals surface area contributed by atoms with Crippen LogP contribution < -0.4 is 16.0 Å². The molecule has 242 valence electrons. The first-order chi connectivity index (χ1) is 21.6. The number of carbonyl (C=O) groups excluding carboxylic acids is 3. The molecule has 0 radical (unpaired) electrons. The molecule has 10 nitrogen and oxygen atoms in total. The minimum absolute atomic E-state index is 0.00229. The zero-order valence-electron chi connectivity index (χ0n) is 26.9. The number of aryl methyl sites for hydroxylation is 1. The van der Waals surface area contributed by atoms with Crippen molar-refractivity contribution in [2.24, 2.45) is 0 Å². The molecule has 3 aromatic rings. The number of rotatable bonds is 13. The zero-order valence-corrected chi connectivity index (χ0v) is 26.9. The predicted octanol–water partition coefficient (Wildman–Crippen LogP) is 3.83. The molecule has 3 amide bonds. The van der Waals surface area contributed by atoms with Crippen LogP contribution in [0.4, 0.5) is 10.1 Å². The number of piperazine rings is 1. The van der Waals surface area contributed by atoms with Gasteiger partial charge in [-0.1, -0.05) is 57.2 Å². The van der Waals surface area contributed by atoms with Gasteiger partial charge in [-0.3, -0.25) is 19.1 Å². The van der Waals surface area contributed by atoms with Crippen LogP contribution in [0, 0.1) is 5.82 Å². The first-order valence-electron chi connectivity index (χ1n) is 15.8. The number of hydrogen-bond donors (Lipinski definition) is 3. The molecule has 0 saturated carbocycles. The maximum Gasteiger partial charge on any atom is 0.270 e. The molecule has 0 bridgehead atoms. The topological polar surface area (TPSA) is 112 Å². The molecular weight excluding hydrogens is 573 g/mol. The molecular formula is C34H46FN7O3. The normalized spacial score (nSPS) is 16.4. The molecule has 4 atom stereocenters. The Bertz CT molecular complexity index is 1440. The molecule has 1 saturated heterocycles. The average Bonchev–Trinajstić information content (AvgIpc) is 3.54. The second-order valence-electron chi connectivity index (χ2n) is 11.8. The van der Waals surface area contributed by atoms with Crippen LogP contribution in [0.3, 0.4) is 0 Å². The molecule has 1 fully saturated rings. The van der Waals surface area contributed by atoms with Gasteiger partial charge in [0.05, 0.1) is 11.7 Å². The quantitative estimate of drug-likeness (QED) is 0.268. The fourth-order valence-electron chi connectivity index (χ4n) is 5.68. The molecule has 1 aromatic heterocycles. The largest absolute Gasteiger partial charge is 0.339 e. The smallest absolute Gasteiger partial charge is 0.270 e. The lowest BCUT2D eigenvalue weighted by Crippen LogP contribution is -2.54. The SMILES string of the molecule is CCCN[C@@H](C(=O)N1CCN(C)CC1)[C@@H](C)c1ccc(NC(=O)[C@@H](NC(=O)c2ccnn2CC)[C@H](C)c2ccccc2)c(F)c1. The molecule has 45 heavy (non-hydrogen) atoms. The van der Waals surface area contributed by atoms with E-state index in [0.717, 1.165) is 25.1 Å². The summed E-state index contributed by atoms with van der Waals surface area (Å²) in [6, 6.07) is 14.1. The van der Waals surface area contributed by atoms with Gasteiger partial charge in [-0.2, -0.15) is 5.10 Å². The minimum Gasteiger partial charge on any atom is -0.339 e. The second kappa shape index (κ2) is 15.8. The summed E-state index contributed by atoms with van der Waals surface area (Å²) in [6.07, 6.45) is 2.39. The van der Waals surface area contributed by atoms with E-state index in [-0.39, 0.29) is 17.5 Å². The second-order valence-corrected chi connectivity index (χ2v) is 11.8. The molecule has 1 aliphatic rings. The van der Waals surface area contributed by atoms with Crippen molar-refractivity contribution in [1.82, 2.24) is 30.2 Å². The van der Waals surface area contributed by atoms with Crippen molar-refractivity contribution >= 4 is 23.4 Å². The molecule has 0 aliphatic carbocycles. The van der Waals surface area contributed by atoms with E-state index in [9.17, 15) is 14.4 Å². The molecule has 2 aromatic carbocycles. The van der Waals surface area contributed by atoms with E-state index >= 15 is 4.39 Å². The summed E-state index contributed by atoms with van der Waals surface area (Å²) in [5, 5.41) is 13.1. The monoisotopic (exact) mass is 619 g/mol. The van der Waals surface area contributed by atoms with Gasteiger partial charge in [-0.15, -0.1) is 0 Å². The fraction of sp³-hybridized carbons (Fsp3) is 0.471. The number of carbonyl (C=O) groups is 3. The van der Waals surface area contributed by atoms with Gasteiger partial charge >= 0.3 is 0 Å². The van der Waals surface area contributed by atoms with Crippen molar-refractivity contribution < 1.29 is 18.8 Å². The van der Waals surface area contributed by atoms with Gasteiger partial charge in [0.25, 0.3) is 5.91 Å². The Kier molecular flexibility index (Phi) is 11.8. The highest BCUT2D eigenvalue weighted by Crippen LogP contribution is 2.27. The molecule has 11 heteroatoms. The standard InChI is InChI=1S/C34H46FN7O3/c1-6-16-36-31(34(45)41-20-18-40(5)19-21-41)24(4)26-13-14-28(27(35)22-26)38-33(44)30(23(3)25-11-9-8-10-12-25)39-32(43)29-15-17-37-42(29)7-2/h8-15,17,22-24,30-31,36H,6-7,16,18-21H2,1-5H3,(H,38,44)(H,39,43)/t23-,24+,30+,31-/m1/s1. The Labute approximate surface area is 265 Å². The number of benzene rings is 2. The summed E-state index contributed by atoms with van der Waals surface area (Å²) in [4.78, 5) is 44.5. The van der Waals surface area contributed by atoms with Crippen LogP contribution in [0.1, 0.15) is 67.6 Å². The van der Waals surface area contributed by atoms with E-state index in [2.05, 4.69) is 25.9 Å². The van der Waals surface area contributed by atoms with Crippen LogP contribution in [0.5, 0.6) is 0 Å².